The Labute approximate surface area is 294 Å². The van der Waals surface area contributed by atoms with E-state index in [1.54, 1.807) is 29.0 Å². The zero-order valence-corrected chi connectivity index (χ0v) is 36.0. The van der Waals surface area contributed by atoms with Crippen molar-refractivity contribution >= 4 is 67.4 Å². The molecule has 0 radical (unpaired) electrons. The average molecular weight is 739 g/mol. The van der Waals surface area contributed by atoms with E-state index in [1.165, 1.54) is 37.0 Å². The van der Waals surface area contributed by atoms with Crippen molar-refractivity contribution in [2.75, 3.05) is 37.0 Å². The molecule has 3 rings (SSSR count). The van der Waals surface area contributed by atoms with E-state index in [2.05, 4.69) is 156 Å². The molecule has 0 atom stereocenters. The third-order valence-electron chi connectivity index (χ3n) is 7.93. The minimum absolute atomic E-state index is 0.108. The van der Waals surface area contributed by atoms with E-state index in [0.717, 1.165) is 35.5 Å². The van der Waals surface area contributed by atoms with Crippen molar-refractivity contribution in [2.24, 2.45) is 35.5 Å². The standard InChI is InChI=1S/C42H66AsP3/c1-31(2)25-44(26-32(3)4)40-19-13-37(14-20-40)43(38-15-21-41(22-16-38)45(27-33(5)6)28-34(7)8)39-17-23-42(24-18-39)46(29-35(9)10)30-36(11)12/h13-24,31-36H,25-30H2,1-12H3. The Morgan fingerprint density at radius 1 is 0.326 bits per heavy atom. The fourth-order valence-corrected chi connectivity index (χ4v) is 19.8. The molecule has 0 saturated carbocycles. The first-order chi connectivity index (χ1) is 21.7. The normalized spacial score (nSPS) is 12.7. The van der Waals surface area contributed by atoms with Gasteiger partial charge in [0.2, 0.25) is 0 Å². The summed E-state index contributed by atoms with van der Waals surface area (Å²) >= 11 is -1.71. The molecule has 0 aromatic heterocycles. The molecule has 0 aliphatic heterocycles. The Bertz CT molecular complexity index is 1070. The van der Waals surface area contributed by atoms with Gasteiger partial charge < -0.3 is 0 Å². The predicted octanol–water partition coefficient (Wildman–Crippen LogP) is 9.46. The summed E-state index contributed by atoms with van der Waals surface area (Å²) in [5.74, 6) is 4.49. The maximum absolute atomic E-state index is 2.53. The Balaban J connectivity index is 2.05. The molecule has 3 aromatic carbocycles. The fraction of sp³-hybridized carbons (Fsp3) is 0.571. The van der Waals surface area contributed by atoms with Crippen LogP contribution in [0.2, 0.25) is 0 Å². The van der Waals surface area contributed by atoms with Crippen LogP contribution in [0.25, 0.3) is 0 Å². The summed E-state index contributed by atoms with van der Waals surface area (Å²) in [6.07, 6.45) is 8.02. The van der Waals surface area contributed by atoms with E-state index in [4.69, 9.17) is 0 Å². The van der Waals surface area contributed by atoms with Crippen LogP contribution in [0.5, 0.6) is 0 Å². The van der Waals surface area contributed by atoms with Crippen molar-refractivity contribution < 1.29 is 0 Å². The minimum atomic E-state index is -1.71. The molecule has 0 N–H and O–H groups in total. The Kier molecular flexibility index (Phi) is 17.0. The van der Waals surface area contributed by atoms with Gasteiger partial charge in [-0.2, -0.15) is 0 Å². The van der Waals surface area contributed by atoms with E-state index < -0.39 is 14.7 Å². The van der Waals surface area contributed by atoms with Gasteiger partial charge in [-0.3, -0.25) is 0 Å². The molecule has 254 valence electrons. The van der Waals surface area contributed by atoms with E-state index in [0.29, 0.717) is 0 Å². The first-order valence-electron chi connectivity index (χ1n) is 18.1. The molecule has 3 aromatic rings. The van der Waals surface area contributed by atoms with Gasteiger partial charge >= 0.3 is 296 Å². The molecular weight excluding hydrogens is 672 g/mol. The quantitative estimate of drug-likeness (QED) is 0.0902. The van der Waals surface area contributed by atoms with Crippen LogP contribution in [0.3, 0.4) is 0 Å². The topological polar surface area (TPSA) is 0 Å². The van der Waals surface area contributed by atoms with Gasteiger partial charge in [0, 0.05) is 0 Å². The van der Waals surface area contributed by atoms with Gasteiger partial charge in [0.1, 0.15) is 0 Å². The van der Waals surface area contributed by atoms with Crippen molar-refractivity contribution in [3.63, 3.8) is 0 Å². The molecule has 0 saturated heterocycles. The second kappa shape index (κ2) is 19.6. The second-order valence-electron chi connectivity index (χ2n) is 16.0. The van der Waals surface area contributed by atoms with Gasteiger partial charge in [0.05, 0.1) is 0 Å². The third kappa shape index (κ3) is 13.1. The van der Waals surface area contributed by atoms with Crippen molar-refractivity contribution in [1.82, 2.24) is 0 Å². The zero-order chi connectivity index (χ0) is 34.0. The van der Waals surface area contributed by atoms with Crippen molar-refractivity contribution in [1.29, 1.82) is 0 Å². The monoisotopic (exact) mass is 738 g/mol. The third-order valence-corrected chi connectivity index (χ3v) is 23.2. The SMILES string of the molecule is CC(C)CP(CC(C)C)c1ccc([As](c2ccc(P(CC(C)C)CC(C)C)cc2)c2ccc(P(CC(C)C)CC(C)C)cc2)cc1. The van der Waals surface area contributed by atoms with Crippen molar-refractivity contribution in [2.45, 2.75) is 83.1 Å². The number of rotatable bonds is 18. The van der Waals surface area contributed by atoms with Crippen LogP contribution < -0.4 is 29.0 Å². The van der Waals surface area contributed by atoms with E-state index in [1.807, 2.05) is 0 Å². The molecule has 0 amide bonds. The van der Waals surface area contributed by atoms with Gasteiger partial charge in [-0.05, 0) is 0 Å². The molecule has 0 bridgehead atoms. The predicted molar refractivity (Wildman–Crippen MR) is 222 cm³/mol. The van der Waals surface area contributed by atoms with Gasteiger partial charge in [-0.1, -0.05) is 0 Å². The molecule has 0 heterocycles. The van der Waals surface area contributed by atoms with Crippen molar-refractivity contribution in [3.05, 3.63) is 72.8 Å². The first kappa shape index (κ1) is 39.9. The van der Waals surface area contributed by atoms with Crippen LogP contribution in [0, 0.1) is 35.5 Å². The molecule has 0 fully saturated rings. The molecule has 4 heteroatoms. The summed E-state index contributed by atoms with van der Waals surface area (Å²) in [5, 5.41) is 4.80. The summed E-state index contributed by atoms with van der Waals surface area (Å²) in [6.45, 7) is 28.7. The van der Waals surface area contributed by atoms with Gasteiger partial charge in [0.15, 0.2) is 0 Å². The number of hydrogen-bond donors (Lipinski definition) is 0. The second-order valence-corrected chi connectivity index (χ2v) is 27.6. The first-order valence-corrected chi connectivity index (χ1v) is 26.0. The van der Waals surface area contributed by atoms with Crippen LogP contribution in [0.4, 0.5) is 0 Å². The Hall–Kier alpha value is -0.492. The van der Waals surface area contributed by atoms with E-state index in [9.17, 15) is 0 Å². The molecule has 0 aliphatic carbocycles. The molecule has 0 aliphatic rings. The van der Waals surface area contributed by atoms with Crippen LogP contribution >= 0.6 is 23.8 Å². The average Bonchev–Trinajstić information content (AvgIpc) is 2.96. The number of benzene rings is 3. The molecule has 0 spiro atoms. The summed E-state index contributed by atoms with van der Waals surface area (Å²) < 4.78 is 4.71. The van der Waals surface area contributed by atoms with Crippen LogP contribution in [0.1, 0.15) is 83.1 Å². The fourth-order valence-electron chi connectivity index (χ4n) is 6.39. The summed E-state index contributed by atoms with van der Waals surface area (Å²) in [4.78, 5) is 0. The van der Waals surface area contributed by atoms with Gasteiger partial charge in [-0.25, -0.2) is 0 Å². The molecular formula is C42H66AsP3. The molecule has 0 nitrogen and oxygen atoms in total. The Morgan fingerprint density at radius 3 is 0.652 bits per heavy atom. The van der Waals surface area contributed by atoms with Crippen LogP contribution in [-0.2, 0) is 0 Å². The Morgan fingerprint density at radius 2 is 0.500 bits per heavy atom. The number of hydrogen-bond acceptors (Lipinski definition) is 0. The van der Waals surface area contributed by atoms with E-state index in [-0.39, 0.29) is 23.8 Å². The van der Waals surface area contributed by atoms with Gasteiger partial charge in [-0.15, -0.1) is 0 Å². The van der Waals surface area contributed by atoms with Crippen LogP contribution in [0.15, 0.2) is 72.8 Å². The molecule has 46 heavy (non-hydrogen) atoms. The van der Waals surface area contributed by atoms with Crippen LogP contribution in [-0.4, -0.2) is 51.6 Å². The summed E-state index contributed by atoms with van der Waals surface area (Å²) in [7, 11) is -0.323. The molecule has 0 unspecified atom stereocenters. The summed E-state index contributed by atoms with van der Waals surface area (Å²) in [5.41, 5.74) is 0. The zero-order valence-electron chi connectivity index (χ0n) is 31.4. The van der Waals surface area contributed by atoms with Crippen molar-refractivity contribution in [3.8, 4) is 0 Å². The summed E-state index contributed by atoms with van der Waals surface area (Å²) in [6, 6.07) is 30.3. The van der Waals surface area contributed by atoms with Gasteiger partial charge in [0.25, 0.3) is 0 Å². The maximum atomic E-state index is 2.53. The van der Waals surface area contributed by atoms with E-state index >= 15 is 0 Å².